The molecule has 0 saturated heterocycles. The molecule has 6 rings (SSSR count). The molecular formula is C34H34O2. The van der Waals surface area contributed by atoms with Crippen molar-refractivity contribution in [3.05, 3.63) is 118 Å². The molecule has 4 aromatic carbocycles. The summed E-state index contributed by atoms with van der Waals surface area (Å²) < 4.78 is 0. The van der Waals surface area contributed by atoms with Gasteiger partial charge in [-0.2, -0.15) is 0 Å². The van der Waals surface area contributed by atoms with E-state index in [1.165, 1.54) is 55.6 Å². The van der Waals surface area contributed by atoms with Crippen LogP contribution < -0.4 is 0 Å². The molecule has 2 nitrogen and oxygen atoms in total. The molecule has 0 amide bonds. The predicted molar refractivity (Wildman–Crippen MR) is 148 cm³/mol. The average molecular weight is 475 g/mol. The zero-order valence-electron chi connectivity index (χ0n) is 21.0. The van der Waals surface area contributed by atoms with Gasteiger partial charge in [0.25, 0.3) is 0 Å². The van der Waals surface area contributed by atoms with Crippen LogP contribution in [0.15, 0.2) is 84.9 Å². The van der Waals surface area contributed by atoms with Crippen LogP contribution in [0.2, 0.25) is 0 Å². The number of hydrogen-bond donors (Lipinski definition) is 2. The standard InChI is InChI=1S/C34H34O2/c1-22(23-14-6-16-29-25-10-2-4-12-27(25)31(33(23)29)18-8-20-35)24-15-7-17-30-26-11-3-5-13-28(26)32(34(24)30)19-9-21-36/h2-7,10-17,22,31-32,35-36H,8-9,18-21H2,1H3. The normalized spacial score (nSPS) is 17.9. The highest BCUT2D eigenvalue weighted by molar-refractivity contribution is 5.82. The Morgan fingerprint density at radius 2 is 0.972 bits per heavy atom. The van der Waals surface area contributed by atoms with E-state index in [9.17, 15) is 10.2 Å². The van der Waals surface area contributed by atoms with Gasteiger partial charge in [0.1, 0.15) is 0 Å². The molecule has 36 heavy (non-hydrogen) atoms. The molecule has 2 aliphatic rings. The number of benzene rings is 4. The van der Waals surface area contributed by atoms with Crippen LogP contribution in [-0.2, 0) is 0 Å². The molecular weight excluding hydrogens is 440 g/mol. The highest BCUT2D eigenvalue weighted by atomic mass is 16.3. The Morgan fingerprint density at radius 3 is 1.42 bits per heavy atom. The van der Waals surface area contributed by atoms with Gasteiger partial charge in [-0.3, -0.25) is 0 Å². The highest BCUT2D eigenvalue weighted by Crippen LogP contribution is 2.53. The fourth-order valence-electron chi connectivity index (χ4n) is 6.93. The van der Waals surface area contributed by atoms with E-state index in [1.54, 1.807) is 0 Å². The summed E-state index contributed by atoms with van der Waals surface area (Å²) in [6.45, 7) is 2.81. The molecule has 0 aliphatic heterocycles. The van der Waals surface area contributed by atoms with E-state index in [2.05, 4.69) is 91.9 Å². The van der Waals surface area contributed by atoms with E-state index in [0.717, 1.165) is 25.7 Å². The zero-order chi connectivity index (χ0) is 24.6. The maximum Gasteiger partial charge on any atom is 0.0431 e. The van der Waals surface area contributed by atoms with Crippen LogP contribution in [-0.4, -0.2) is 23.4 Å². The fraction of sp³-hybridized carbons (Fsp3) is 0.294. The maximum atomic E-state index is 9.65. The van der Waals surface area contributed by atoms with Crippen molar-refractivity contribution in [1.82, 2.24) is 0 Å². The lowest BCUT2D eigenvalue weighted by Crippen LogP contribution is -2.09. The number of aliphatic hydroxyl groups excluding tert-OH is 2. The Balaban J connectivity index is 1.49. The molecule has 0 spiro atoms. The summed E-state index contributed by atoms with van der Waals surface area (Å²) in [7, 11) is 0. The minimum atomic E-state index is 0.225. The number of hydrogen-bond acceptors (Lipinski definition) is 2. The third-order valence-corrected chi connectivity index (χ3v) is 8.46. The minimum absolute atomic E-state index is 0.225. The van der Waals surface area contributed by atoms with Crippen LogP contribution in [0.25, 0.3) is 22.3 Å². The summed E-state index contributed by atoms with van der Waals surface area (Å²) >= 11 is 0. The third kappa shape index (κ3) is 3.63. The third-order valence-electron chi connectivity index (χ3n) is 8.46. The Labute approximate surface area is 214 Å². The van der Waals surface area contributed by atoms with Gasteiger partial charge in [-0.15, -0.1) is 0 Å². The van der Waals surface area contributed by atoms with Gasteiger partial charge in [0.15, 0.2) is 0 Å². The average Bonchev–Trinajstić information content (AvgIpc) is 3.43. The molecule has 0 heterocycles. The lowest BCUT2D eigenvalue weighted by Gasteiger charge is -2.25. The van der Waals surface area contributed by atoms with Gasteiger partial charge in [0.05, 0.1) is 0 Å². The highest BCUT2D eigenvalue weighted by Gasteiger charge is 2.35. The first-order chi connectivity index (χ1) is 17.7. The van der Waals surface area contributed by atoms with Gasteiger partial charge in [-0.05, 0) is 81.3 Å². The van der Waals surface area contributed by atoms with Crippen LogP contribution in [0.4, 0.5) is 0 Å². The van der Waals surface area contributed by atoms with Crippen molar-refractivity contribution in [2.45, 2.75) is 50.4 Å². The molecule has 0 aromatic heterocycles. The molecule has 4 aromatic rings. The van der Waals surface area contributed by atoms with E-state index in [4.69, 9.17) is 0 Å². The van der Waals surface area contributed by atoms with Crippen LogP contribution in [0.5, 0.6) is 0 Å². The Morgan fingerprint density at radius 1 is 0.556 bits per heavy atom. The summed E-state index contributed by atoms with van der Waals surface area (Å²) in [5, 5.41) is 19.3. The summed E-state index contributed by atoms with van der Waals surface area (Å²) in [5.41, 5.74) is 13.9. The van der Waals surface area contributed by atoms with Crippen molar-refractivity contribution in [3.8, 4) is 22.3 Å². The van der Waals surface area contributed by atoms with E-state index in [1.807, 2.05) is 0 Å². The number of fused-ring (bicyclic) bond motifs is 6. The second kappa shape index (κ2) is 9.69. The second-order valence-electron chi connectivity index (χ2n) is 10.3. The first kappa shape index (κ1) is 23.2. The van der Waals surface area contributed by atoms with Gasteiger partial charge in [0.2, 0.25) is 0 Å². The Hall–Kier alpha value is -3.20. The largest absolute Gasteiger partial charge is 0.396 e. The lowest BCUT2D eigenvalue weighted by molar-refractivity contribution is 0.282. The van der Waals surface area contributed by atoms with Crippen LogP contribution in [0, 0.1) is 0 Å². The van der Waals surface area contributed by atoms with E-state index in [0.29, 0.717) is 11.8 Å². The van der Waals surface area contributed by atoms with Crippen molar-refractivity contribution in [1.29, 1.82) is 0 Å². The van der Waals surface area contributed by atoms with Crippen molar-refractivity contribution < 1.29 is 10.2 Å². The molecule has 0 saturated carbocycles. The minimum Gasteiger partial charge on any atom is -0.396 e. The quantitative estimate of drug-likeness (QED) is 0.276. The number of aliphatic hydroxyl groups is 2. The molecule has 2 aliphatic carbocycles. The van der Waals surface area contributed by atoms with Crippen molar-refractivity contribution in [2.24, 2.45) is 0 Å². The lowest BCUT2D eigenvalue weighted by atomic mass is 9.79. The van der Waals surface area contributed by atoms with E-state index in [-0.39, 0.29) is 19.1 Å². The molecule has 2 N–H and O–H groups in total. The summed E-state index contributed by atoms with van der Waals surface area (Å²) in [6.07, 6.45) is 3.53. The molecule has 0 fully saturated rings. The van der Waals surface area contributed by atoms with Crippen LogP contribution in [0.1, 0.15) is 83.7 Å². The van der Waals surface area contributed by atoms with Gasteiger partial charge in [-0.1, -0.05) is 91.9 Å². The van der Waals surface area contributed by atoms with Crippen molar-refractivity contribution in [3.63, 3.8) is 0 Å². The van der Waals surface area contributed by atoms with Gasteiger partial charge in [-0.25, -0.2) is 0 Å². The van der Waals surface area contributed by atoms with Gasteiger partial charge in [0, 0.05) is 31.0 Å². The van der Waals surface area contributed by atoms with Gasteiger partial charge >= 0.3 is 0 Å². The number of rotatable bonds is 8. The SMILES string of the molecule is CC(c1cccc2c1C(CCCO)c1ccccc1-2)c1cccc2c1C(CCCO)c1ccccc1-2. The molecule has 0 bridgehead atoms. The fourth-order valence-corrected chi connectivity index (χ4v) is 6.93. The molecule has 2 atom stereocenters. The summed E-state index contributed by atoms with van der Waals surface area (Å²) in [5.74, 6) is 0.883. The summed E-state index contributed by atoms with van der Waals surface area (Å²) in [6, 6.07) is 31.3. The zero-order valence-corrected chi connectivity index (χ0v) is 21.0. The van der Waals surface area contributed by atoms with Crippen LogP contribution >= 0.6 is 0 Å². The van der Waals surface area contributed by atoms with Gasteiger partial charge < -0.3 is 10.2 Å². The molecule has 2 heteroatoms. The van der Waals surface area contributed by atoms with Crippen molar-refractivity contribution >= 4 is 0 Å². The predicted octanol–water partition coefficient (Wildman–Crippen LogP) is 7.61. The molecule has 0 radical (unpaired) electrons. The summed E-state index contributed by atoms with van der Waals surface area (Å²) in [4.78, 5) is 0. The Bertz CT molecular complexity index is 1300. The molecule has 2 unspecified atom stereocenters. The second-order valence-corrected chi connectivity index (χ2v) is 10.3. The first-order valence-corrected chi connectivity index (χ1v) is 13.4. The van der Waals surface area contributed by atoms with E-state index < -0.39 is 0 Å². The first-order valence-electron chi connectivity index (χ1n) is 13.4. The topological polar surface area (TPSA) is 40.5 Å². The maximum absolute atomic E-state index is 9.65. The Kier molecular flexibility index (Phi) is 6.25. The monoisotopic (exact) mass is 474 g/mol. The van der Waals surface area contributed by atoms with Crippen LogP contribution in [0.3, 0.4) is 0 Å². The smallest absolute Gasteiger partial charge is 0.0431 e. The molecule has 182 valence electrons. The van der Waals surface area contributed by atoms with E-state index >= 15 is 0 Å². The van der Waals surface area contributed by atoms with Crippen molar-refractivity contribution in [2.75, 3.05) is 13.2 Å².